The van der Waals surface area contributed by atoms with Crippen molar-refractivity contribution in [3.8, 4) is 0 Å². The van der Waals surface area contributed by atoms with Crippen molar-refractivity contribution in [1.82, 2.24) is 0 Å². The highest BCUT2D eigenvalue weighted by Gasteiger charge is 2.23. The number of carbonyl (C=O) groups excluding carboxylic acids is 2. The number of rotatable bonds is 6. The number of amides is 1. The zero-order valence-corrected chi connectivity index (χ0v) is 14.9. The number of carbonyl (C=O) groups is 2. The van der Waals surface area contributed by atoms with E-state index in [0.29, 0.717) is 11.6 Å². The molecule has 1 atom stereocenters. The SMILES string of the molecule is CCN(C(=O)[C@@H](C)OC(=O)/C=C/c1ccc(Cl)cc1)c1ccccc1. The van der Waals surface area contributed by atoms with Crippen LogP contribution in [0.4, 0.5) is 5.69 Å². The molecule has 0 spiro atoms. The first-order chi connectivity index (χ1) is 12.0. The quantitative estimate of drug-likeness (QED) is 0.570. The summed E-state index contributed by atoms with van der Waals surface area (Å²) in [6, 6.07) is 16.3. The summed E-state index contributed by atoms with van der Waals surface area (Å²) in [6.07, 6.45) is 2.04. The summed E-state index contributed by atoms with van der Waals surface area (Å²) in [5, 5.41) is 0.625. The maximum absolute atomic E-state index is 12.5. The minimum atomic E-state index is -0.873. The van der Waals surface area contributed by atoms with Gasteiger partial charge in [0.05, 0.1) is 0 Å². The number of hydrogen-bond donors (Lipinski definition) is 0. The highest BCUT2D eigenvalue weighted by molar-refractivity contribution is 6.30. The molecule has 0 saturated heterocycles. The zero-order chi connectivity index (χ0) is 18.2. The maximum atomic E-state index is 12.5. The lowest BCUT2D eigenvalue weighted by atomic mass is 10.2. The molecule has 4 nitrogen and oxygen atoms in total. The molecule has 0 bridgehead atoms. The Balaban J connectivity index is 1.97. The Morgan fingerprint density at radius 3 is 2.36 bits per heavy atom. The molecule has 25 heavy (non-hydrogen) atoms. The van der Waals surface area contributed by atoms with E-state index in [1.54, 1.807) is 42.2 Å². The number of benzene rings is 2. The molecular formula is C20H20ClNO3. The molecule has 0 fully saturated rings. The molecule has 0 unspecified atom stereocenters. The molecular weight excluding hydrogens is 338 g/mol. The lowest BCUT2D eigenvalue weighted by molar-refractivity contribution is -0.149. The Morgan fingerprint density at radius 1 is 1.12 bits per heavy atom. The second kappa shape index (κ2) is 9.04. The smallest absolute Gasteiger partial charge is 0.331 e. The molecule has 1 amide bonds. The summed E-state index contributed by atoms with van der Waals surface area (Å²) in [4.78, 5) is 26.1. The van der Waals surface area contributed by atoms with Crippen molar-refractivity contribution < 1.29 is 14.3 Å². The zero-order valence-electron chi connectivity index (χ0n) is 14.2. The Bertz CT molecular complexity index is 741. The van der Waals surface area contributed by atoms with Gasteiger partial charge in [-0.1, -0.05) is 41.9 Å². The summed E-state index contributed by atoms with van der Waals surface area (Å²) >= 11 is 5.81. The van der Waals surface area contributed by atoms with Crippen LogP contribution in [0.3, 0.4) is 0 Å². The van der Waals surface area contributed by atoms with Gasteiger partial charge in [-0.2, -0.15) is 0 Å². The average Bonchev–Trinajstić information content (AvgIpc) is 2.62. The van der Waals surface area contributed by atoms with Crippen LogP contribution in [0, 0.1) is 0 Å². The third kappa shape index (κ3) is 5.47. The minimum Gasteiger partial charge on any atom is -0.449 e. The predicted molar refractivity (Wildman–Crippen MR) is 101 cm³/mol. The number of halogens is 1. The van der Waals surface area contributed by atoms with Crippen LogP contribution in [0.2, 0.25) is 5.02 Å². The van der Waals surface area contributed by atoms with Gasteiger partial charge in [0.25, 0.3) is 5.91 Å². The van der Waals surface area contributed by atoms with Crippen molar-refractivity contribution in [2.24, 2.45) is 0 Å². The average molecular weight is 358 g/mol. The molecule has 130 valence electrons. The fourth-order valence-electron chi connectivity index (χ4n) is 2.30. The molecule has 2 rings (SSSR count). The van der Waals surface area contributed by atoms with Crippen molar-refractivity contribution in [2.45, 2.75) is 20.0 Å². The molecule has 0 aromatic heterocycles. The van der Waals surface area contributed by atoms with Crippen molar-refractivity contribution in [2.75, 3.05) is 11.4 Å². The van der Waals surface area contributed by atoms with Crippen LogP contribution in [0.5, 0.6) is 0 Å². The van der Waals surface area contributed by atoms with E-state index in [-0.39, 0.29) is 5.91 Å². The minimum absolute atomic E-state index is 0.262. The van der Waals surface area contributed by atoms with E-state index in [9.17, 15) is 9.59 Å². The Morgan fingerprint density at radius 2 is 1.76 bits per heavy atom. The van der Waals surface area contributed by atoms with Crippen LogP contribution in [-0.4, -0.2) is 24.5 Å². The Labute approximate surface area is 152 Å². The van der Waals surface area contributed by atoms with E-state index in [1.165, 1.54) is 6.08 Å². The predicted octanol–water partition coefficient (Wildman–Crippen LogP) is 4.34. The summed E-state index contributed by atoms with van der Waals surface area (Å²) in [7, 11) is 0. The van der Waals surface area contributed by atoms with Crippen molar-refractivity contribution in [3.05, 3.63) is 71.3 Å². The van der Waals surface area contributed by atoms with Gasteiger partial charge in [0.1, 0.15) is 0 Å². The summed E-state index contributed by atoms with van der Waals surface area (Å²) in [6.45, 7) is 3.94. The molecule has 0 saturated carbocycles. The van der Waals surface area contributed by atoms with Crippen LogP contribution in [0.25, 0.3) is 6.08 Å². The number of nitrogens with zero attached hydrogens (tertiary/aromatic N) is 1. The molecule has 5 heteroatoms. The molecule has 0 radical (unpaired) electrons. The van der Waals surface area contributed by atoms with E-state index in [1.807, 2.05) is 37.3 Å². The second-order valence-electron chi connectivity index (χ2n) is 5.38. The van der Waals surface area contributed by atoms with Crippen molar-refractivity contribution in [3.63, 3.8) is 0 Å². The van der Waals surface area contributed by atoms with E-state index in [0.717, 1.165) is 11.3 Å². The first-order valence-corrected chi connectivity index (χ1v) is 8.39. The van der Waals surface area contributed by atoms with E-state index >= 15 is 0 Å². The van der Waals surface area contributed by atoms with E-state index < -0.39 is 12.1 Å². The first kappa shape index (κ1) is 18.7. The molecule has 0 aliphatic carbocycles. The third-order valence-corrected chi connectivity index (χ3v) is 3.82. The van der Waals surface area contributed by atoms with Gasteiger partial charge in [0, 0.05) is 23.3 Å². The van der Waals surface area contributed by atoms with E-state index in [4.69, 9.17) is 16.3 Å². The monoisotopic (exact) mass is 357 g/mol. The van der Waals surface area contributed by atoms with Gasteiger partial charge < -0.3 is 9.64 Å². The number of anilines is 1. The van der Waals surface area contributed by atoms with Gasteiger partial charge in [-0.05, 0) is 49.8 Å². The van der Waals surface area contributed by atoms with Crippen LogP contribution >= 0.6 is 11.6 Å². The van der Waals surface area contributed by atoms with Gasteiger partial charge in [-0.15, -0.1) is 0 Å². The Kier molecular flexibility index (Phi) is 6.78. The molecule has 0 aliphatic heterocycles. The van der Waals surface area contributed by atoms with Gasteiger partial charge >= 0.3 is 5.97 Å². The van der Waals surface area contributed by atoms with Gasteiger partial charge in [0.2, 0.25) is 0 Å². The third-order valence-electron chi connectivity index (χ3n) is 3.57. The molecule has 0 heterocycles. The fraction of sp³-hybridized carbons (Fsp3) is 0.200. The lowest BCUT2D eigenvalue weighted by Gasteiger charge is -2.24. The van der Waals surface area contributed by atoms with Crippen LogP contribution in [0.1, 0.15) is 19.4 Å². The summed E-state index contributed by atoms with van der Waals surface area (Å²) in [5.41, 5.74) is 1.59. The first-order valence-electron chi connectivity index (χ1n) is 8.02. The fourth-order valence-corrected chi connectivity index (χ4v) is 2.42. The van der Waals surface area contributed by atoms with E-state index in [2.05, 4.69) is 0 Å². The highest BCUT2D eigenvalue weighted by atomic mass is 35.5. The van der Waals surface area contributed by atoms with Gasteiger partial charge in [-0.3, -0.25) is 4.79 Å². The van der Waals surface area contributed by atoms with Crippen LogP contribution in [0.15, 0.2) is 60.7 Å². The number of ether oxygens (including phenoxy) is 1. The molecule has 2 aromatic rings. The lowest BCUT2D eigenvalue weighted by Crippen LogP contribution is -2.39. The number of likely N-dealkylation sites (N-methyl/N-ethyl adjacent to an activating group) is 1. The summed E-state index contributed by atoms with van der Waals surface area (Å²) < 4.78 is 5.22. The maximum Gasteiger partial charge on any atom is 0.331 e. The summed E-state index contributed by atoms with van der Waals surface area (Å²) in [5.74, 6) is -0.832. The number of para-hydroxylation sites is 1. The standard InChI is InChI=1S/C20H20ClNO3/c1-3-22(18-7-5-4-6-8-18)20(24)15(2)25-19(23)14-11-16-9-12-17(21)13-10-16/h4-15H,3H2,1-2H3/b14-11+/t15-/m1/s1. The normalized spacial score (nSPS) is 12.0. The van der Waals surface area contributed by atoms with Gasteiger partial charge in [0.15, 0.2) is 6.10 Å². The van der Waals surface area contributed by atoms with Crippen molar-refractivity contribution in [1.29, 1.82) is 0 Å². The van der Waals surface area contributed by atoms with Crippen LogP contribution < -0.4 is 4.90 Å². The number of hydrogen-bond acceptors (Lipinski definition) is 3. The number of esters is 1. The van der Waals surface area contributed by atoms with Gasteiger partial charge in [-0.25, -0.2) is 4.79 Å². The topological polar surface area (TPSA) is 46.6 Å². The van der Waals surface area contributed by atoms with Crippen molar-refractivity contribution >= 4 is 35.2 Å². The molecule has 0 aliphatic rings. The Hall–Kier alpha value is -2.59. The molecule has 0 N–H and O–H groups in total. The largest absolute Gasteiger partial charge is 0.449 e. The van der Waals surface area contributed by atoms with Crippen LogP contribution in [-0.2, 0) is 14.3 Å². The highest BCUT2D eigenvalue weighted by Crippen LogP contribution is 2.15. The second-order valence-corrected chi connectivity index (χ2v) is 5.82. The molecule has 2 aromatic carbocycles.